The molecule has 2 amide bonds. The first-order valence-corrected chi connectivity index (χ1v) is 8.14. The standard InChI is InChI=1S/C17H23FN2O5/c1-3-25-9-14(22)19-11(2)17(24)7-8-20(10-17)16(23)12-5-4-6-13(21)15(12)18/h4-6,11,21,24H,3,7-10H2,1-2H3,(H,19,22). The molecule has 1 heterocycles. The molecular formula is C17H23FN2O5. The van der Waals surface area contributed by atoms with Crippen LogP contribution in [0, 0.1) is 5.82 Å². The van der Waals surface area contributed by atoms with Crippen LogP contribution in [0.1, 0.15) is 30.6 Å². The fourth-order valence-corrected chi connectivity index (χ4v) is 2.81. The Bertz CT molecular complexity index is 654. The Kier molecular flexibility index (Phi) is 5.97. The van der Waals surface area contributed by atoms with E-state index in [2.05, 4.69) is 5.32 Å². The average Bonchev–Trinajstić information content (AvgIpc) is 2.98. The third-order valence-electron chi connectivity index (χ3n) is 4.40. The van der Waals surface area contributed by atoms with Crippen molar-refractivity contribution >= 4 is 11.8 Å². The van der Waals surface area contributed by atoms with Crippen LogP contribution >= 0.6 is 0 Å². The van der Waals surface area contributed by atoms with Crippen LogP contribution in [0.2, 0.25) is 0 Å². The number of nitrogens with zero attached hydrogens (tertiary/aromatic N) is 1. The van der Waals surface area contributed by atoms with E-state index in [1.165, 1.54) is 17.0 Å². The molecule has 1 aromatic carbocycles. The molecule has 3 N–H and O–H groups in total. The summed E-state index contributed by atoms with van der Waals surface area (Å²) in [5.74, 6) is -2.55. The smallest absolute Gasteiger partial charge is 0.257 e. The van der Waals surface area contributed by atoms with Gasteiger partial charge in [-0.25, -0.2) is 4.39 Å². The van der Waals surface area contributed by atoms with Crippen LogP contribution in [0.15, 0.2) is 18.2 Å². The lowest BCUT2D eigenvalue weighted by atomic mass is 9.94. The quantitative estimate of drug-likeness (QED) is 0.697. The van der Waals surface area contributed by atoms with E-state index in [1.807, 2.05) is 0 Å². The van der Waals surface area contributed by atoms with Crippen LogP contribution in [-0.2, 0) is 9.53 Å². The average molecular weight is 354 g/mol. The van der Waals surface area contributed by atoms with Crippen LogP contribution in [0.3, 0.4) is 0 Å². The lowest BCUT2D eigenvalue weighted by molar-refractivity contribution is -0.128. The van der Waals surface area contributed by atoms with Crippen molar-refractivity contribution in [2.24, 2.45) is 0 Å². The Balaban J connectivity index is 2.02. The van der Waals surface area contributed by atoms with Crippen LogP contribution in [0.5, 0.6) is 5.75 Å². The van der Waals surface area contributed by atoms with Crippen molar-refractivity contribution in [1.82, 2.24) is 10.2 Å². The summed E-state index contributed by atoms with van der Waals surface area (Å²) in [6.45, 7) is 3.89. The van der Waals surface area contributed by atoms with Gasteiger partial charge < -0.3 is 25.2 Å². The van der Waals surface area contributed by atoms with Gasteiger partial charge in [-0.3, -0.25) is 9.59 Å². The summed E-state index contributed by atoms with van der Waals surface area (Å²) in [4.78, 5) is 25.5. The Morgan fingerprint density at radius 2 is 2.20 bits per heavy atom. The van der Waals surface area contributed by atoms with Crippen LogP contribution in [0.4, 0.5) is 4.39 Å². The number of carbonyl (C=O) groups excluding carboxylic acids is 2. The summed E-state index contributed by atoms with van der Waals surface area (Å²) < 4.78 is 18.9. The number of halogens is 1. The molecule has 0 aliphatic carbocycles. The minimum atomic E-state index is -1.31. The predicted octanol–water partition coefficient (Wildman–Crippen LogP) is 0.649. The number of benzene rings is 1. The molecule has 1 aromatic rings. The van der Waals surface area contributed by atoms with Crippen molar-refractivity contribution in [2.75, 3.05) is 26.3 Å². The zero-order chi connectivity index (χ0) is 18.6. The largest absolute Gasteiger partial charge is 0.505 e. The number of carbonyl (C=O) groups is 2. The molecule has 2 unspecified atom stereocenters. The van der Waals surface area contributed by atoms with Crippen molar-refractivity contribution in [3.8, 4) is 5.75 Å². The van der Waals surface area contributed by atoms with Crippen LogP contribution < -0.4 is 5.32 Å². The number of hydrogen-bond acceptors (Lipinski definition) is 5. The van der Waals surface area contributed by atoms with Gasteiger partial charge in [0.05, 0.1) is 18.2 Å². The number of hydrogen-bond donors (Lipinski definition) is 3. The second kappa shape index (κ2) is 7.79. The Morgan fingerprint density at radius 3 is 2.88 bits per heavy atom. The van der Waals surface area contributed by atoms with Gasteiger partial charge in [0.15, 0.2) is 11.6 Å². The number of phenolic OH excluding ortho intramolecular Hbond substituents is 1. The van der Waals surface area contributed by atoms with Gasteiger partial charge in [-0.1, -0.05) is 6.07 Å². The molecule has 1 fully saturated rings. The zero-order valence-corrected chi connectivity index (χ0v) is 14.3. The maximum absolute atomic E-state index is 13.9. The van der Waals surface area contributed by atoms with E-state index in [4.69, 9.17) is 4.74 Å². The van der Waals surface area contributed by atoms with E-state index in [9.17, 15) is 24.2 Å². The number of phenols is 1. The summed E-state index contributed by atoms with van der Waals surface area (Å²) in [5, 5.41) is 22.8. The number of β-amino-alcohol motifs (C(OH)–C–C–N with tert-alkyl or cyclic N) is 1. The number of nitrogens with one attached hydrogen (secondary N) is 1. The molecule has 2 rings (SSSR count). The number of aromatic hydroxyl groups is 1. The Morgan fingerprint density at radius 1 is 1.48 bits per heavy atom. The molecule has 1 saturated heterocycles. The molecule has 138 valence electrons. The van der Waals surface area contributed by atoms with E-state index in [0.717, 1.165) is 6.07 Å². The second-order valence-electron chi connectivity index (χ2n) is 6.15. The van der Waals surface area contributed by atoms with Crippen LogP contribution in [-0.4, -0.2) is 64.9 Å². The molecule has 0 bridgehead atoms. The SMILES string of the molecule is CCOCC(=O)NC(C)C1(O)CCN(C(=O)c2cccc(O)c2F)C1. The van der Waals surface area contributed by atoms with E-state index in [0.29, 0.717) is 6.61 Å². The van der Waals surface area contributed by atoms with E-state index < -0.39 is 29.1 Å². The molecule has 0 radical (unpaired) electrons. The first kappa shape index (κ1) is 19.1. The third kappa shape index (κ3) is 4.26. The summed E-state index contributed by atoms with van der Waals surface area (Å²) >= 11 is 0. The molecule has 25 heavy (non-hydrogen) atoms. The minimum Gasteiger partial charge on any atom is -0.505 e. The fraction of sp³-hybridized carbons (Fsp3) is 0.529. The first-order valence-electron chi connectivity index (χ1n) is 8.14. The predicted molar refractivity (Wildman–Crippen MR) is 87.6 cm³/mol. The maximum Gasteiger partial charge on any atom is 0.257 e. The lowest BCUT2D eigenvalue weighted by Crippen LogP contribution is -2.53. The molecule has 1 aliphatic rings. The third-order valence-corrected chi connectivity index (χ3v) is 4.40. The van der Waals surface area contributed by atoms with Gasteiger partial charge in [0.1, 0.15) is 12.2 Å². The van der Waals surface area contributed by atoms with E-state index in [1.54, 1.807) is 13.8 Å². The van der Waals surface area contributed by atoms with Gasteiger partial charge in [0, 0.05) is 13.2 Å². The minimum absolute atomic E-state index is 0.0446. The van der Waals surface area contributed by atoms with E-state index >= 15 is 0 Å². The number of aliphatic hydroxyl groups is 1. The van der Waals surface area contributed by atoms with Crippen molar-refractivity contribution in [1.29, 1.82) is 0 Å². The highest BCUT2D eigenvalue weighted by Gasteiger charge is 2.43. The summed E-state index contributed by atoms with van der Waals surface area (Å²) in [7, 11) is 0. The number of rotatable bonds is 6. The summed E-state index contributed by atoms with van der Waals surface area (Å²) in [6, 6.07) is 3.21. The second-order valence-corrected chi connectivity index (χ2v) is 6.15. The van der Waals surface area contributed by atoms with Gasteiger partial charge in [-0.05, 0) is 32.4 Å². The highest BCUT2D eigenvalue weighted by atomic mass is 19.1. The van der Waals surface area contributed by atoms with Gasteiger partial charge in [-0.2, -0.15) is 0 Å². The zero-order valence-electron chi connectivity index (χ0n) is 14.3. The summed E-state index contributed by atoms with van der Waals surface area (Å²) in [5.41, 5.74) is -1.57. The molecule has 8 heteroatoms. The monoisotopic (exact) mass is 354 g/mol. The molecule has 7 nitrogen and oxygen atoms in total. The molecule has 0 saturated carbocycles. The van der Waals surface area contributed by atoms with Gasteiger partial charge >= 0.3 is 0 Å². The van der Waals surface area contributed by atoms with Crippen molar-refractivity contribution in [3.63, 3.8) is 0 Å². The Hall–Kier alpha value is -2.19. The molecule has 1 aliphatic heterocycles. The normalized spacial score (nSPS) is 21.2. The highest BCUT2D eigenvalue weighted by molar-refractivity contribution is 5.95. The molecule has 0 aromatic heterocycles. The van der Waals surface area contributed by atoms with E-state index in [-0.39, 0.29) is 37.6 Å². The topological polar surface area (TPSA) is 99.1 Å². The Labute approximate surface area is 145 Å². The van der Waals surface area contributed by atoms with Crippen LogP contribution in [0.25, 0.3) is 0 Å². The first-order chi connectivity index (χ1) is 11.8. The number of amides is 2. The van der Waals surface area contributed by atoms with Gasteiger partial charge in [-0.15, -0.1) is 0 Å². The number of ether oxygens (including phenoxy) is 1. The van der Waals surface area contributed by atoms with Gasteiger partial charge in [0.25, 0.3) is 5.91 Å². The van der Waals surface area contributed by atoms with Crippen molar-refractivity contribution in [2.45, 2.75) is 31.9 Å². The highest BCUT2D eigenvalue weighted by Crippen LogP contribution is 2.28. The molecule has 0 spiro atoms. The van der Waals surface area contributed by atoms with Crippen molar-refractivity contribution < 1.29 is 28.9 Å². The molecule has 2 atom stereocenters. The lowest BCUT2D eigenvalue weighted by Gasteiger charge is -2.30. The van der Waals surface area contributed by atoms with Crippen molar-refractivity contribution in [3.05, 3.63) is 29.6 Å². The fourth-order valence-electron chi connectivity index (χ4n) is 2.81. The van der Waals surface area contributed by atoms with Gasteiger partial charge in [0.2, 0.25) is 5.91 Å². The molecular weight excluding hydrogens is 331 g/mol. The maximum atomic E-state index is 13.9. The number of likely N-dealkylation sites (tertiary alicyclic amines) is 1. The summed E-state index contributed by atoms with van der Waals surface area (Å²) in [6.07, 6.45) is 0.245.